The summed E-state index contributed by atoms with van der Waals surface area (Å²) >= 11 is 5.75. The van der Waals surface area contributed by atoms with Crippen LogP contribution in [-0.2, 0) is 11.3 Å². The molecule has 1 saturated heterocycles. The van der Waals surface area contributed by atoms with Crippen molar-refractivity contribution in [2.75, 3.05) is 13.1 Å². The lowest BCUT2D eigenvalue weighted by Gasteiger charge is -2.31. The molecule has 1 amide bonds. The van der Waals surface area contributed by atoms with E-state index in [4.69, 9.17) is 21.1 Å². The third-order valence-electron chi connectivity index (χ3n) is 3.71. The minimum absolute atomic E-state index is 0.149. The molecule has 126 valence electrons. The second-order valence-corrected chi connectivity index (χ2v) is 5.99. The molecule has 0 saturated carbocycles. The lowest BCUT2D eigenvalue weighted by Crippen LogP contribution is -2.44. The predicted octanol–water partition coefficient (Wildman–Crippen LogP) is 3.31. The SMILES string of the molecule is O=C(OCc1ccccc1)N1CCCC(Oc2ncc(Cl)cn2)C1. The first-order valence-corrected chi connectivity index (χ1v) is 8.18. The maximum Gasteiger partial charge on any atom is 0.410 e. The summed E-state index contributed by atoms with van der Waals surface area (Å²) < 4.78 is 11.1. The summed E-state index contributed by atoms with van der Waals surface area (Å²) in [6, 6.07) is 9.88. The first-order chi connectivity index (χ1) is 11.7. The van der Waals surface area contributed by atoms with Gasteiger partial charge in [-0.3, -0.25) is 0 Å². The molecule has 1 aliphatic heterocycles. The molecule has 0 aliphatic carbocycles. The number of nitrogens with zero attached hydrogens (tertiary/aromatic N) is 3. The fourth-order valence-electron chi connectivity index (χ4n) is 2.52. The van der Waals surface area contributed by atoms with Gasteiger partial charge in [-0.2, -0.15) is 0 Å². The molecule has 3 rings (SSSR count). The van der Waals surface area contributed by atoms with Gasteiger partial charge in [-0.25, -0.2) is 14.8 Å². The number of rotatable bonds is 4. The molecule has 24 heavy (non-hydrogen) atoms. The highest BCUT2D eigenvalue weighted by Gasteiger charge is 2.26. The van der Waals surface area contributed by atoms with Crippen molar-refractivity contribution in [2.24, 2.45) is 0 Å². The van der Waals surface area contributed by atoms with E-state index in [1.807, 2.05) is 30.3 Å². The molecule has 0 N–H and O–H groups in total. The van der Waals surface area contributed by atoms with Crippen LogP contribution in [0.4, 0.5) is 4.79 Å². The van der Waals surface area contributed by atoms with Crippen molar-refractivity contribution >= 4 is 17.7 Å². The number of amides is 1. The Morgan fingerprint density at radius 1 is 1.25 bits per heavy atom. The van der Waals surface area contributed by atoms with Crippen LogP contribution in [0, 0.1) is 0 Å². The third kappa shape index (κ3) is 4.58. The van der Waals surface area contributed by atoms with Crippen molar-refractivity contribution in [1.82, 2.24) is 14.9 Å². The fraction of sp³-hybridized carbons (Fsp3) is 0.353. The molecule has 2 heterocycles. The molecule has 0 bridgehead atoms. The van der Waals surface area contributed by atoms with Crippen molar-refractivity contribution in [3.63, 3.8) is 0 Å². The van der Waals surface area contributed by atoms with E-state index in [0.29, 0.717) is 18.1 Å². The van der Waals surface area contributed by atoms with Crippen LogP contribution in [0.25, 0.3) is 0 Å². The van der Waals surface area contributed by atoms with Crippen LogP contribution in [0.5, 0.6) is 6.01 Å². The Labute approximate surface area is 145 Å². The van der Waals surface area contributed by atoms with Crippen molar-refractivity contribution in [3.8, 4) is 6.01 Å². The van der Waals surface area contributed by atoms with Crippen LogP contribution in [-0.4, -0.2) is 40.2 Å². The van der Waals surface area contributed by atoms with Gasteiger partial charge in [0, 0.05) is 6.54 Å². The van der Waals surface area contributed by atoms with Crippen LogP contribution in [0.15, 0.2) is 42.7 Å². The molecule has 0 radical (unpaired) electrons. The van der Waals surface area contributed by atoms with Gasteiger partial charge < -0.3 is 14.4 Å². The smallest absolute Gasteiger partial charge is 0.410 e. The minimum Gasteiger partial charge on any atom is -0.458 e. The van der Waals surface area contributed by atoms with E-state index in [9.17, 15) is 4.79 Å². The number of hydrogen-bond acceptors (Lipinski definition) is 5. The van der Waals surface area contributed by atoms with E-state index in [1.165, 1.54) is 12.4 Å². The number of ether oxygens (including phenoxy) is 2. The van der Waals surface area contributed by atoms with E-state index >= 15 is 0 Å². The molecule has 0 spiro atoms. The van der Waals surface area contributed by atoms with Gasteiger partial charge >= 0.3 is 12.1 Å². The number of aromatic nitrogens is 2. The Hall–Kier alpha value is -2.34. The van der Waals surface area contributed by atoms with E-state index in [-0.39, 0.29) is 24.8 Å². The number of carbonyl (C=O) groups is 1. The molecule has 1 aliphatic rings. The first kappa shape index (κ1) is 16.5. The fourth-order valence-corrected chi connectivity index (χ4v) is 2.62. The molecule has 1 aromatic heterocycles. The van der Waals surface area contributed by atoms with Crippen LogP contribution in [0.2, 0.25) is 5.02 Å². The Balaban J connectivity index is 1.51. The number of benzene rings is 1. The zero-order chi connectivity index (χ0) is 16.8. The van der Waals surface area contributed by atoms with Crippen LogP contribution in [0.1, 0.15) is 18.4 Å². The maximum absolute atomic E-state index is 12.2. The lowest BCUT2D eigenvalue weighted by molar-refractivity contribution is 0.0519. The zero-order valence-corrected chi connectivity index (χ0v) is 13.9. The normalized spacial score (nSPS) is 17.4. The summed E-state index contributed by atoms with van der Waals surface area (Å²) in [6.07, 6.45) is 4.18. The van der Waals surface area contributed by atoms with Crippen LogP contribution < -0.4 is 4.74 Å². The number of hydrogen-bond donors (Lipinski definition) is 0. The topological polar surface area (TPSA) is 64.5 Å². The minimum atomic E-state index is -0.329. The number of carbonyl (C=O) groups excluding carboxylic acids is 1. The third-order valence-corrected chi connectivity index (χ3v) is 3.91. The summed E-state index contributed by atoms with van der Waals surface area (Å²) in [6.45, 7) is 1.39. The quantitative estimate of drug-likeness (QED) is 0.849. The van der Waals surface area contributed by atoms with Gasteiger partial charge in [0.25, 0.3) is 0 Å². The Bertz CT molecular complexity index is 667. The summed E-state index contributed by atoms with van der Waals surface area (Å²) in [7, 11) is 0. The Morgan fingerprint density at radius 3 is 2.75 bits per heavy atom. The lowest BCUT2D eigenvalue weighted by atomic mass is 10.1. The van der Waals surface area contributed by atoms with E-state index in [1.54, 1.807) is 4.90 Å². The maximum atomic E-state index is 12.2. The van der Waals surface area contributed by atoms with Gasteiger partial charge in [0.2, 0.25) is 0 Å². The average molecular weight is 348 g/mol. The van der Waals surface area contributed by atoms with E-state index in [0.717, 1.165) is 18.4 Å². The monoisotopic (exact) mass is 347 g/mol. The summed E-state index contributed by atoms with van der Waals surface area (Å²) in [5.74, 6) is 0. The summed E-state index contributed by atoms with van der Waals surface area (Å²) in [5, 5.41) is 0.456. The highest BCUT2D eigenvalue weighted by atomic mass is 35.5. The zero-order valence-electron chi connectivity index (χ0n) is 13.1. The molecule has 1 fully saturated rings. The number of piperidine rings is 1. The molecule has 1 atom stereocenters. The molecule has 7 heteroatoms. The molecule has 1 unspecified atom stereocenters. The average Bonchev–Trinajstić information content (AvgIpc) is 2.63. The molecule has 6 nitrogen and oxygen atoms in total. The molecule has 2 aromatic rings. The summed E-state index contributed by atoms with van der Waals surface area (Å²) in [5.41, 5.74) is 0.963. The van der Waals surface area contributed by atoms with Gasteiger partial charge in [0.1, 0.15) is 12.7 Å². The van der Waals surface area contributed by atoms with E-state index in [2.05, 4.69) is 9.97 Å². The second kappa shape index (κ2) is 7.97. The molecular weight excluding hydrogens is 330 g/mol. The van der Waals surface area contributed by atoms with Crippen molar-refractivity contribution in [3.05, 3.63) is 53.3 Å². The highest BCUT2D eigenvalue weighted by Crippen LogP contribution is 2.17. The summed E-state index contributed by atoms with van der Waals surface area (Å²) in [4.78, 5) is 21.9. The Morgan fingerprint density at radius 2 is 2.00 bits per heavy atom. The predicted molar refractivity (Wildman–Crippen MR) is 88.9 cm³/mol. The second-order valence-electron chi connectivity index (χ2n) is 5.55. The molecular formula is C17H18ClN3O3. The van der Waals surface area contributed by atoms with Gasteiger partial charge in [-0.15, -0.1) is 0 Å². The van der Waals surface area contributed by atoms with Crippen molar-refractivity contribution < 1.29 is 14.3 Å². The number of halogens is 1. The highest BCUT2D eigenvalue weighted by molar-refractivity contribution is 6.30. The van der Waals surface area contributed by atoms with E-state index < -0.39 is 0 Å². The van der Waals surface area contributed by atoms with Crippen molar-refractivity contribution in [1.29, 1.82) is 0 Å². The largest absolute Gasteiger partial charge is 0.458 e. The van der Waals surface area contributed by atoms with Gasteiger partial charge in [-0.05, 0) is 18.4 Å². The Kier molecular flexibility index (Phi) is 5.48. The molecule has 1 aromatic carbocycles. The van der Waals surface area contributed by atoms with Crippen molar-refractivity contribution in [2.45, 2.75) is 25.6 Å². The van der Waals surface area contributed by atoms with Gasteiger partial charge in [0.05, 0.1) is 24.0 Å². The van der Waals surface area contributed by atoms with Gasteiger partial charge in [-0.1, -0.05) is 41.9 Å². The first-order valence-electron chi connectivity index (χ1n) is 7.80. The number of likely N-dealkylation sites (tertiary alicyclic amines) is 1. The van der Waals surface area contributed by atoms with Gasteiger partial charge in [0.15, 0.2) is 0 Å². The van der Waals surface area contributed by atoms with Crippen LogP contribution >= 0.6 is 11.6 Å². The van der Waals surface area contributed by atoms with Crippen LogP contribution in [0.3, 0.4) is 0 Å². The standard InChI is InChI=1S/C17H18ClN3O3/c18-14-9-19-16(20-10-14)24-15-7-4-8-21(11-15)17(22)23-12-13-5-2-1-3-6-13/h1-3,5-6,9-10,15H,4,7-8,11-12H2.